The largest absolute Gasteiger partial charge is 0.492 e. The maximum Gasteiger partial charge on any atom is 0.191 e. The van der Waals surface area contributed by atoms with Crippen molar-refractivity contribution in [3.05, 3.63) is 59.7 Å². The van der Waals surface area contributed by atoms with Gasteiger partial charge in [-0.25, -0.2) is 22.2 Å². The predicted octanol–water partition coefficient (Wildman–Crippen LogP) is 2.50. The van der Waals surface area contributed by atoms with Crippen LogP contribution in [0.25, 0.3) is 0 Å². The van der Waals surface area contributed by atoms with E-state index in [9.17, 15) is 17.2 Å². The summed E-state index contributed by atoms with van der Waals surface area (Å²) in [5.74, 6) is -0.0399. The van der Waals surface area contributed by atoms with Crippen molar-refractivity contribution in [2.45, 2.75) is 18.4 Å². The summed E-state index contributed by atoms with van der Waals surface area (Å²) in [7, 11) is -3.24. The van der Waals surface area contributed by atoms with Crippen LogP contribution < -0.4 is 15.4 Å². The van der Waals surface area contributed by atoms with E-state index in [2.05, 4.69) is 15.6 Å². The van der Waals surface area contributed by atoms with E-state index in [0.29, 0.717) is 31.4 Å². The topological polar surface area (TPSA) is 79.8 Å². The Morgan fingerprint density at radius 3 is 2.46 bits per heavy atom. The molecular formula is C19H23F2N3O3S. The Morgan fingerprint density at radius 2 is 1.82 bits per heavy atom. The minimum atomic E-state index is -3.24. The fraction of sp³-hybridized carbons (Fsp3) is 0.316. The summed E-state index contributed by atoms with van der Waals surface area (Å²) in [5.41, 5.74) is 0.166. The fourth-order valence-electron chi connectivity index (χ4n) is 2.29. The van der Waals surface area contributed by atoms with Gasteiger partial charge in [-0.15, -0.1) is 0 Å². The van der Waals surface area contributed by atoms with E-state index in [1.807, 2.05) is 6.92 Å². The number of nitrogens with one attached hydrogen (secondary N) is 2. The number of guanidine groups is 1. The Kier molecular flexibility index (Phi) is 7.74. The Morgan fingerprint density at radius 1 is 1.11 bits per heavy atom. The lowest BCUT2D eigenvalue weighted by Crippen LogP contribution is -2.39. The predicted molar refractivity (Wildman–Crippen MR) is 104 cm³/mol. The number of halogens is 2. The fourth-order valence-corrected chi connectivity index (χ4v) is 2.92. The summed E-state index contributed by atoms with van der Waals surface area (Å²) in [4.78, 5) is 4.46. The molecule has 0 saturated heterocycles. The van der Waals surface area contributed by atoms with Gasteiger partial charge in [0.2, 0.25) is 0 Å². The van der Waals surface area contributed by atoms with E-state index < -0.39 is 21.5 Å². The van der Waals surface area contributed by atoms with Gasteiger partial charge in [0.15, 0.2) is 15.8 Å². The molecule has 9 heteroatoms. The first-order valence-electron chi connectivity index (χ1n) is 8.68. The SMILES string of the molecule is CCNC(=NCc1cc(F)ccc1F)NCCOc1ccc(S(C)(=O)=O)cc1. The van der Waals surface area contributed by atoms with Crippen molar-refractivity contribution < 1.29 is 21.9 Å². The zero-order valence-corrected chi connectivity index (χ0v) is 16.5. The Hall–Kier alpha value is -2.68. The highest BCUT2D eigenvalue weighted by Crippen LogP contribution is 2.15. The lowest BCUT2D eigenvalue weighted by Gasteiger charge is -2.12. The van der Waals surface area contributed by atoms with Crippen LogP contribution in [0.5, 0.6) is 5.75 Å². The van der Waals surface area contributed by atoms with Crippen molar-refractivity contribution in [3.8, 4) is 5.75 Å². The normalized spacial score (nSPS) is 11.9. The number of benzene rings is 2. The summed E-state index contributed by atoms with van der Waals surface area (Å²) in [6.45, 7) is 3.19. The van der Waals surface area contributed by atoms with Crippen LogP contribution in [-0.4, -0.2) is 40.3 Å². The maximum atomic E-state index is 13.7. The highest BCUT2D eigenvalue weighted by Gasteiger charge is 2.07. The highest BCUT2D eigenvalue weighted by atomic mass is 32.2. The van der Waals surface area contributed by atoms with Crippen LogP contribution in [-0.2, 0) is 16.4 Å². The van der Waals surface area contributed by atoms with Crippen LogP contribution in [0, 0.1) is 11.6 Å². The first-order valence-corrected chi connectivity index (χ1v) is 10.6. The number of nitrogens with zero attached hydrogens (tertiary/aromatic N) is 1. The monoisotopic (exact) mass is 411 g/mol. The number of hydrogen-bond acceptors (Lipinski definition) is 4. The molecule has 0 bridgehead atoms. The second-order valence-corrected chi connectivity index (χ2v) is 7.97. The number of hydrogen-bond donors (Lipinski definition) is 2. The molecule has 152 valence electrons. The van der Waals surface area contributed by atoms with E-state index in [1.54, 1.807) is 12.1 Å². The molecule has 0 saturated carbocycles. The smallest absolute Gasteiger partial charge is 0.191 e. The molecular weight excluding hydrogens is 388 g/mol. The first-order chi connectivity index (χ1) is 13.3. The molecule has 0 spiro atoms. The Balaban J connectivity index is 1.86. The van der Waals surface area contributed by atoms with Gasteiger partial charge in [-0.3, -0.25) is 0 Å². The summed E-state index contributed by atoms with van der Waals surface area (Å²) in [6, 6.07) is 9.39. The van der Waals surface area contributed by atoms with Crippen molar-refractivity contribution in [1.82, 2.24) is 10.6 Å². The molecule has 6 nitrogen and oxygen atoms in total. The van der Waals surface area contributed by atoms with Crippen LogP contribution in [0.2, 0.25) is 0 Å². The quantitative estimate of drug-likeness (QED) is 0.396. The molecule has 0 atom stereocenters. The molecule has 0 aromatic heterocycles. The van der Waals surface area contributed by atoms with E-state index in [1.165, 1.54) is 12.1 Å². The average molecular weight is 411 g/mol. The molecule has 2 aromatic rings. The van der Waals surface area contributed by atoms with Gasteiger partial charge in [0.05, 0.1) is 18.0 Å². The van der Waals surface area contributed by atoms with Gasteiger partial charge < -0.3 is 15.4 Å². The Labute approximate surface area is 163 Å². The summed E-state index contributed by atoms with van der Waals surface area (Å²) in [6.07, 6.45) is 1.14. The second-order valence-electron chi connectivity index (χ2n) is 5.95. The van der Waals surface area contributed by atoms with Crippen LogP contribution in [0.15, 0.2) is 52.4 Å². The van der Waals surface area contributed by atoms with Crippen LogP contribution in [0.1, 0.15) is 12.5 Å². The van der Waals surface area contributed by atoms with Gasteiger partial charge in [0, 0.05) is 18.4 Å². The molecule has 0 fully saturated rings. The van der Waals surface area contributed by atoms with Crippen LogP contribution in [0.4, 0.5) is 8.78 Å². The standard InChI is InChI=1S/C19H23F2N3O3S/c1-3-22-19(24-13-14-12-15(20)4-9-18(14)21)23-10-11-27-16-5-7-17(8-6-16)28(2,25)26/h4-9,12H,3,10-11,13H2,1-2H3,(H2,22,23,24). The van der Waals surface area contributed by atoms with Crippen molar-refractivity contribution in [1.29, 1.82) is 0 Å². The third-order valence-corrected chi connectivity index (χ3v) is 4.80. The van der Waals surface area contributed by atoms with E-state index in [4.69, 9.17) is 4.74 Å². The molecule has 0 radical (unpaired) electrons. The number of rotatable bonds is 8. The molecule has 0 amide bonds. The molecule has 0 aliphatic heterocycles. The van der Waals surface area contributed by atoms with Gasteiger partial charge in [-0.2, -0.15) is 0 Å². The van der Waals surface area contributed by atoms with E-state index in [0.717, 1.165) is 24.5 Å². The van der Waals surface area contributed by atoms with Crippen LogP contribution >= 0.6 is 0 Å². The number of ether oxygens (including phenoxy) is 1. The minimum Gasteiger partial charge on any atom is -0.492 e. The zero-order valence-electron chi connectivity index (χ0n) is 15.7. The molecule has 0 unspecified atom stereocenters. The summed E-state index contributed by atoms with van der Waals surface area (Å²) in [5, 5.41) is 6.04. The van der Waals surface area contributed by atoms with Gasteiger partial charge in [-0.1, -0.05) is 0 Å². The average Bonchev–Trinajstić information content (AvgIpc) is 2.65. The molecule has 2 rings (SSSR count). The van der Waals surface area contributed by atoms with Gasteiger partial charge in [0.1, 0.15) is 24.0 Å². The second kappa shape index (κ2) is 10.0. The van der Waals surface area contributed by atoms with Crippen molar-refractivity contribution >= 4 is 15.8 Å². The van der Waals surface area contributed by atoms with Gasteiger partial charge in [0.25, 0.3) is 0 Å². The lowest BCUT2D eigenvalue weighted by atomic mass is 10.2. The van der Waals surface area contributed by atoms with E-state index >= 15 is 0 Å². The molecule has 0 aliphatic carbocycles. The van der Waals surface area contributed by atoms with Gasteiger partial charge in [-0.05, 0) is 49.4 Å². The Bertz CT molecular complexity index is 917. The highest BCUT2D eigenvalue weighted by molar-refractivity contribution is 7.90. The minimum absolute atomic E-state index is 0.00720. The van der Waals surface area contributed by atoms with E-state index in [-0.39, 0.29) is 17.0 Å². The summed E-state index contributed by atoms with van der Waals surface area (Å²) < 4.78 is 55.3. The van der Waals surface area contributed by atoms with Crippen molar-refractivity contribution in [2.75, 3.05) is 26.0 Å². The molecule has 0 aliphatic rings. The molecule has 2 N–H and O–H groups in total. The maximum absolute atomic E-state index is 13.7. The van der Waals surface area contributed by atoms with Crippen molar-refractivity contribution in [2.24, 2.45) is 4.99 Å². The first kappa shape index (κ1) is 21.6. The molecule has 0 heterocycles. The lowest BCUT2D eigenvalue weighted by molar-refractivity contribution is 0.321. The third-order valence-electron chi connectivity index (χ3n) is 3.67. The van der Waals surface area contributed by atoms with Crippen molar-refractivity contribution in [3.63, 3.8) is 0 Å². The molecule has 2 aromatic carbocycles. The van der Waals surface area contributed by atoms with Crippen LogP contribution in [0.3, 0.4) is 0 Å². The van der Waals surface area contributed by atoms with Gasteiger partial charge >= 0.3 is 0 Å². The zero-order chi connectivity index (χ0) is 20.6. The third kappa shape index (κ3) is 6.80. The number of aliphatic imine (C=N–C) groups is 1. The summed E-state index contributed by atoms with van der Waals surface area (Å²) >= 11 is 0. The molecule has 28 heavy (non-hydrogen) atoms. The number of sulfone groups is 1.